The molecule has 0 spiro atoms. The largest absolute Gasteiger partial charge is 0.506 e. The molecule has 1 aromatic heterocycles. The molecule has 0 aliphatic heterocycles. The fourth-order valence-electron chi connectivity index (χ4n) is 2.69. The number of anilines is 1. The van der Waals surface area contributed by atoms with Crippen LogP contribution in [0.4, 0.5) is 5.69 Å². The van der Waals surface area contributed by atoms with Crippen molar-refractivity contribution < 1.29 is 19.1 Å². The first kappa shape index (κ1) is 17.9. The molecule has 0 bridgehead atoms. The molecule has 0 aliphatic carbocycles. The first-order chi connectivity index (χ1) is 13.5. The van der Waals surface area contributed by atoms with Gasteiger partial charge in [-0.05, 0) is 42.8 Å². The van der Waals surface area contributed by atoms with E-state index in [0.717, 1.165) is 5.56 Å². The SMILES string of the molecule is Cc1ccc2oc(Oc3cc(Cl)c(O)c(C(=O)Nc4ccccc4)c3)nc2c1. The zero-order chi connectivity index (χ0) is 19.7. The quantitative estimate of drug-likeness (QED) is 0.474. The molecule has 2 N–H and O–H groups in total. The average Bonchev–Trinajstić information content (AvgIpc) is 3.06. The van der Waals surface area contributed by atoms with Crippen molar-refractivity contribution in [1.29, 1.82) is 0 Å². The Hall–Kier alpha value is -3.51. The minimum atomic E-state index is -0.524. The van der Waals surface area contributed by atoms with E-state index in [1.807, 2.05) is 25.1 Å². The maximum Gasteiger partial charge on any atom is 0.400 e. The van der Waals surface area contributed by atoms with Gasteiger partial charge in [-0.2, -0.15) is 4.98 Å². The maximum atomic E-state index is 12.5. The van der Waals surface area contributed by atoms with Crippen LogP contribution in [0.5, 0.6) is 17.6 Å². The van der Waals surface area contributed by atoms with Crippen LogP contribution in [0.3, 0.4) is 0 Å². The Labute approximate surface area is 165 Å². The van der Waals surface area contributed by atoms with Crippen molar-refractivity contribution in [3.05, 3.63) is 76.8 Å². The molecule has 0 radical (unpaired) electrons. The van der Waals surface area contributed by atoms with Crippen LogP contribution >= 0.6 is 11.6 Å². The Balaban J connectivity index is 1.63. The number of carbonyl (C=O) groups is 1. The van der Waals surface area contributed by atoms with E-state index in [4.69, 9.17) is 20.8 Å². The van der Waals surface area contributed by atoms with Crippen molar-refractivity contribution in [3.63, 3.8) is 0 Å². The van der Waals surface area contributed by atoms with E-state index in [-0.39, 0.29) is 28.2 Å². The summed E-state index contributed by atoms with van der Waals surface area (Å²) in [4.78, 5) is 16.8. The first-order valence-electron chi connectivity index (χ1n) is 8.43. The van der Waals surface area contributed by atoms with Crippen LogP contribution in [0.25, 0.3) is 11.1 Å². The molecule has 0 saturated heterocycles. The Morgan fingerprint density at radius 2 is 1.93 bits per heavy atom. The minimum Gasteiger partial charge on any atom is -0.506 e. The van der Waals surface area contributed by atoms with Gasteiger partial charge >= 0.3 is 6.08 Å². The van der Waals surface area contributed by atoms with Gasteiger partial charge in [0.15, 0.2) is 5.58 Å². The summed E-state index contributed by atoms with van der Waals surface area (Å²) in [5.41, 5.74) is 2.83. The number of ether oxygens (including phenoxy) is 1. The number of oxazole rings is 1. The van der Waals surface area contributed by atoms with Crippen LogP contribution < -0.4 is 10.1 Å². The van der Waals surface area contributed by atoms with Crippen molar-refractivity contribution in [3.8, 4) is 17.6 Å². The van der Waals surface area contributed by atoms with E-state index in [2.05, 4.69) is 10.3 Å². The van der Waals surface area contributed by atoms with Gasteiger partial charge in [-0.1, -0.05) is 35.9 Å². The van der Waals surface area contributed by atoms with Gasteiger partial charge in [0.2, 0.25) is 0 Å². The van der Waals surface area contributed by atoms with Gasteiger partial charge in [0.1, 0.15) is 17.0 Å². The number of amides is 1. The van der Waals surface area contributed by atoms with E-state index in [9.17, 15) is 9.90 Å². The number of halogens is 1. The van der Waals surface area contributed by atoms with Crippen molar-refractivity contribution in [2.24, 2.45) is 0 Å². The van der Waals surface area contributed by atoms with Crippen LogP contribution in [0.1, 0.15) is 15.9 Å². The van der Waals surface area contributed by atoms with Gasteiger partial charge in [-0.15, -0.1) is 0 Å². The zero-order valence-electron chi connectivity index (χ0n) is 14.8. The number of nitrogens with one attached hydrogen (secondary N) is 1. The zero-order valence-corrected chi connectivity index (χ0v) is 15.5. The minimum absolute atomic E-state index is 0.0109. The molecule has 4 aromatic rings. The molecule has 4 rings (SSSR count). The topological polar surface area (TPSA) is 84.6 Å². The lowest BCUT2D eigenvalue weighted by Crippen LogP contribution is -2.12. The van der Waals surface area contributed by atoms with E-state index >= 15 is 0 Å². The predicted molar refractivity (Wildman–Crippen MR) is 106 cm³/mol. The van der Waals surface area contributed by atoms with Crippen LogP contribution in [0.15, 0.2) is 65.1 Å². The monoisotopic (exact) mass is 394 g/mol. The van der Waals surface area contributed by atoms with E-state index in [1.165, 1.54) is 12.1 Å². The number of aromatic hydroxyl groups is 1. The third kappa shape index (κ3) is 3.63. The molecule has 1 amide bonds. The molecule has 0 atom stereocenters. The summed E-state index contributed by atoms with van der Waals surface area (Å²) < 4.78 is 11.2. The number of aromatic nitrogens is 1. The second-order valence-electron chi connectivity index (χ2n) is 6.17. The number of phenols is 1. The molecular formula is C21H15ClN2O4. The second-order valence-corrected chi connectivity index (χ2v) is 6.58. The van der Waals surface area contributed by atoms with Crippen LogP contribution in [-0.4, -0.2) is 16.0 Å². The Morgan fingerprint density at radius 3 is 2.71 bits per heavy atom. The third-order valence-corrected chi connectivity index (χ3v) is 4.33. The van der Waals surface area contributed by atoms with E-state index in [0.29, 0.717) is 16.8 Å². The molecule has 0 saturated carbocycles. The number of rotatable bonds is 4. The third-order valence-electron chi connectivity index (χ3n) is 4.04. The van der Waals surface area contributed by atoms with Gasteiger partial charge < -0.3 is 19.6 Å². The number of fused-ring (bicyclic) bond motifs is 1. The Bertz CT molecular complexity index is 1170. The summed E-state index contributed by atoms with van der Waals surface area (Å²) in [5, 5.41) is 12.9. The highest BCUT2D eigenvalue weighted by Crippen LogP contribution is 2.35. The van der Waals surface area contributed by atoms with Crippen LogP contribution in [0, 0.1) is 6.92 Å². The smallest absolute Gasteiger partial charge is 0.400 e. The molecule has 6 nitrogen and oxygen atoms in total. The average molecular weight is 395 g/mol. The number of aryl methyl sites for hydroxylation is 1. The highest BCUT2D eigenvalue weighted by molar-refractivity contribution is 6.33. The number of nitrogens with zero attached hydrogens (tertiary/aromatic N) is 1. The summed E-state index contributed by atoms with van der Waals surface area (Å²) in [6, 6.07) is 17.2. The predicted octanol–water partition coefficient (Wildman–Crippen LogP) is 5.54. The number of hydrogen-bond donors (Lipinski definition) is 2. The lowest BCUT2D eigenvalue weighted by molar-refractivity contribution is 0.102. The van der Waals surface area contributed by atoms with Gasteiger partial charge in [0.05, 0.1) is 10.6 Å². The molecule has 140 valence electrons. The summed E-state index contributed by atoms with van der Waals surface area (Å²) >= 11 is 6.07. The second kappa shape index (κ2) is 7.25. The fourth-order valence-corrected chi connectivity index (χ4v) is 2.90. The van der Waals surface area contributed by atoms with Crippen molar-refractivity contribution in [1.82, 2.24) is 4.98 Å². The van der Waals surface area contributed by atoms with E-state index in [1.54, 1.807) is 30.3 Å². The van der Waals surface area contributed by atoms with E-state index < -0.39 is 5.91 Å². The van der Waals surface area contributed by atoms with Crippen molar-refractivity contribution in [2.75, 3.05) is 5.32 Å². The summed E-state index contributed by atoms with van der Waals surface area (Å²) in [6.45, 7) is 1.95. The van der Waals surface area contributed by atoms with Crippen molar-refractivity contribution in [2.45, 2.75) is 6.92 Å². The molecule has 28 heavy (non-hydrogen) atoms. The maximum absolute atomic E-state index is 12.5. The number of phenolic OH excluding ortho intramolecular Hbond substituents is 1. The normalized spacial score (nSPS) is 10.8. The van der Waals surface area contributed by atoms with Gasteiger partial charge in [-0.3, -0.25) is 4.79 Å². The van der Waals surface area contributed by atoms with Gasteiger partial charge in [0, 0.05) is 11.8 Å². The van der Waals surface area contributed by atoms with Crippen LogP contribution in [0.2, 0.25) is 5.02 Å². The number of hydrogen-bond acceptors (Lipinski definition) is 5. The van der Waals surface area contributed by atoms with Crippen LogP contribution in [-0.2, 0) is 0 Å². The Kier molecular flexibility index (Phi) is 4.63. The standard InChI is InChI=1S/C21H15ClN2O4/c1-12-7-8-18-17(9-12)24-21(28-18)27-14-10-15(19(25)16(22)11-14)20(26)23-13-5-3-2-4-6-13/h2-11,25H,1H3,(H,23,26). The number of para-hydroxylation sites is 1. The number of carbonyl (C=O) groups excluding carboxylic acids is 1. The first-order valence-corrected chi connectivity index (χ1v) is 8.81. The lowest BCUT2D eigenvalue weighted by atomic mass is 10.1. The molecular weight excluding hydrogens is 380 g/mol. The fraction of sp³-hybridized carbons (Fsp3) is 0.0476. The molecule has 0 unspecified atom stereocenters. The summed E-state index contributed by atoms with van der Waals surface area (Å²) in [6.07, 6.45) is 0.0109. The van der Waals surface area contributed by atoms with Gasteiger partial charge in [0.25, 0.3) is 5.91 Å². The summed E-state index contributed by atoms with van der Waals surface area (Å²) in [5.74, 6) is -0.649. The highest BCUT2D eigenvalue weighted by atomic mass is 35.5. The number of benzene rings is 3. The lowest BCUT2D eigenvalue weighted by Gasteiger charge is -2.10. The van der Waals surface area contributed by atoms with Gasteiger partial charge in [-0.25, -0.2) is 0 Å². The molecule has 3 aromatic carbocycles. The summed E-state index contributed by atoms with van der Waals surface area (Å²) in [7, 11) is 0. The molecule has 7 heteroatoms. The molecule has 0 fully saturated rings. The Morgan fingerprint density at radius 1 is 1.14 bits per heavy atom. The molecule has 1 heterocycles. The molecule has 0 aliphatic rings. The highest BCUT2D eigenvalue weighted by Gasteiger charge is 2.18. The van der Waals surface area contributed by atoms with Crippen molar-refractivity contribution >= 4 is 34.3 Å².